The molecule has 0 saturated carbocycles. The molecular formula is C14H25NO3. The van der Waals surface area contributed by atoms with Crippen LogP contribution in [0.25, 0.3) is 0 Å². The van der Waals surface area contributed by atoms with Crippen molar-refractivity contribution in [3.8, 4) is 0 Å². The van der Waals surface area contributed by atoms with Crippen LogP contribution >= 0.6 is 0 Å². The summed E-state index contributed by atoms with van der Waals surface area (Å²) in [7, 11) is 0. The van der Waals surface area contributed by atoms with Crippen molar-refractivity contribution >= 4 is 11.9 Å². The third kappa shape index (κ3) is 7.87. The van der Waals surface area contributed by atoms with Gasteiger partial charge in [0.25, 0.3) is 0 Å². The molecule has 0 rings (SSSR count). The van der Waals surface area contributed by atoms with E-state index in [0.29, 0.717) is 18.9 Å². The second-order valence-corrected chi connectivity index (χ2v) is 4.55. The second kappa shape index (κ2) is 9.68. The molecule has 0 fully saturated rings. The Kier molecular flexibility index (Phi) is 8.97. The minimum absolute atomic E-state index is 0.202. The first-order valence-corrected chi connectivity index (χ1v) is 6.55. The molecule has 0 saturated heterocycles. The number of rotatable bonds is 9. The molecule has 0 unspecified atom stereocenters. The van der Waals surface area contributed by atoms with E-state index in [-0.39, 0.29) is 11.9 Å². The molecule has 0 aromatic heterocycles. The minimum Gasteiger partial charge on any atom is -0.464 e. The van der Waals surface area contributed by atoms with E-state index in [2.05, 4.69) is 18.8 Å². The fraction of sp³-hybridized carbons (Fsp3) is 0.714. The van der Waals surface area contributed by atoms with Crippen molar-refractivity contribution in [1.29, 1.82) is 0 Å². The number of hydrogen-bond acceptors (Lipinski definition) is 3. The number of amides is 1. The van der Waals surface area contributed by atoms with Crippen LogP contribution in [0.5, 0.6) is 0 Å². The molecule has 2 atom stereocenters. The first-order chi connectivity index (χ1) is 8.51. The van der Waals surface area contributed by atoms with E-state index in [4.69, 9.17) is 4.74 Å². The van der Waals surface area contributed by atoms with E-state index in [1.807, 2.05) is 6.08 Å². The minimum atomic E-state index is -0.520. The standard InChI is InChI=1S/C14H25NO3/c1-5-7-8-11(3)9-10-13(15-12(4)16)14(17)18-6-2/h5,11,13H,1,6-10H2,2-4H3,(H,15,16)/t11-,13+/m1/s1. The third-order valence-electron chi connectivity index (χ3n) is 2.76. The zero-order chi connectivity index (χ0) is 14.0. The highest BCUT2D eigenvalue weighted by Gasteiger charge is 2.21. The van der Waals surface area contributed by atoms with E-state index in [1.54, 1.807) is 6.92 Å². The van der Waals surface area contributed by atoms with Crippen LogP contribution < -0.4 is 5.32 Å². The molecule has 0 aliphatic carbocycles. The van der Waals surface area contributed by atoms with Gasteiger partial charge in [-0.1, -0.05) is 13.0 Å². The van der Waals surface area contributed by atoms with Crippen molar-refractivity contribution in [2.45, 2.75) is 52.5 Å². The Morgan fingerprint density at radius 3 is 2.50 bits per heavy atom. The molecule has 0 aromatic rings. The van der Waals surface area contributed by atoms with Gasteiger partial charge in [0, 0.05) is 6.92 Å². The van der Waals surface area contributed by atoms with Crippen LogP contribution in [0.3, 0.4) is 0 Å². The number of hydrogen-bond donors (Lipinski definition) is 1. The molecule has 0 radical (unpaired) electrons. The smallest absolute Gasteiger partial charge is 0.328 e. The van der Waals surface area contributed by atoms with Crippen LogP contribution in [0.4, 0.5) is 0 Å². The molecule has 104 valence electrons. The number of ether oxygens (including phenoxy) is 1. The van der Waals surface area contributed by atoms with Crippen LogP contribution in [-0.4, -0.2) is 24.5 Å². The van der Waals surface area contributed by atoms with Gasteiger partial charge in [-0.2, -0.15) is 0 Å². The molecule has 1 amide bonds. The number of carbonyl (C=O) groups excluding carboxylic acids is 2. The Morgan fingerprint density at radius 2 is 2.00 bits per heavy atom. The summed E-state index contributed by atoms with van der Waals surface area (Å²) < 4.78 is 4.95. The van der Waals surface area contributed by atoms with Gasteiger partial charge in [-0.05, 0) is 38.5 Å². The highest BCUT2D eigenvalue weighted by Crippen LogP contribution is 2.15. The summed E-state index contributed by atoms with van der Waals surface area (Å²) in [4.78, 5) is 22.7. The molecular weight excluding hydrogens is 230 g/mol. The van der Waals surface area contributed by atoms with E-state index in [1.165, 1.54) is 6.92 Å². The van der Waals surface area contributed by atoms with E-state index in [9.17, 15) is 9.59 Å². The Morgan fingerprint density at radius 1 is 1.33 bits per heavy atom. The van der Waals surface area contributed by atoms with E-state index < -0.39 is 6.04 Å². The molecule has 4 heteroatoms. The third-order valence-corrected chi connectivity index (χ3v) is 2.76. The summed E-state index contributed by atoms with van der Waals surface area (Å²) in [5, 5.41) is 2.64. The monoisotopic (exact) mass is 255 g/mol. The van der Waals surface area contributed by atoms with Crippen LogP contribution in [0, 0.1) is 5.92 Å². The summed E-state index contributed by atoms with van der Waals surface area (Å²) >= 11 is 0. The van der Waals surface area contributed by atoms with Gasteiger partial charge in [0.2, 0.25) is 5.91 Å². The average Bonchev–Trinajstić information content (AvgIpc) is 2.31. The summed E-state index contributed by atoms with van der Waals surface area (Å²) in [6.07, 6.45) is 5.44. The maximum Gasteiger partial charge on any atom is 0.328 e. The topological polar surface area (TPSA) is 55.4 Å². The van der Waals surface area contributed by atoms with Gasteiger partial charge in [0.15, 0.2) is 0 Å². The van der Waals surface area contributed by atoms with Gasteiger partial charge in [-0.25, -0.2) is 4.79 Å². The Labute approximate surface area is 110 Å². The van der Waals surface area contributed by atoms with Gasteiger partial charge < -0.3 is 10.1 Å². The predicted molar refractivity (Wildman–Crippen MR) is 72.1 cm³/mol. The number of carbonyl (C=O) groups is 2. The molecule has 18 heavy (non-hydrogen) atoms. The second-order valence-electron chi connectivity index (χ2n) is 4.55. The highest BCUT2D eigenvalue weighted by molar-refractivity contribution is 5.83. The summed E-state index contributed by atoms with van der Waals surface area (Å²) in [5.74, 6) is -0.0379. The van der Waals surface area contributed by atoms with Crippen LogP contribution in [0.15, 0.2) is 12.7 Å². The summed E-state index contributed by atoms with van der Waals surface area (Å²) in [5.41, 5.74) is 0. The van der Waals surface area contributed by atoms with E-state index >= 15 is 0 Å². The molecule has 4 nitrogen and oxygen atoms in total. The SMILES string of the molecule is C=CCC[C@@H](C)CC[C@H](NC(C)=O)C(=O)OCC. The summed E-state index contributed by atoms with van der Waals surface area (Å²) in [6, 6.07) is -0.520. The predicted octanol–water partition coefficient (Wildman–Crippen LogP) is 2.44. The average molecular weight is 255 g/mol. The van der Waals surface area contributed by atoms with Gasteiger partial charge in [0.1, 0.15) is 6.04 Å². The first kappa shape index (κ1) is 16.7. The lowest BCUT2D eigenvalue weighted by Crippen LogP contribution is -2.41. The van der Waals surface area contributed by atoms with Crippen molar-refractivity contribution in [3.05, 3.63) is 12.7 Å². The largest absolute Gasteiger partial charge is 0.464 e. The zero-order valence-corrected chi connectivity index (χ0v) is 11.7. The van der Waals surface area contributed by atoms with Crippen molar-refractivity contribution in [2.75, 3.05) is 6.61 Å². The van der Waals surface area contributed by atoms with Crippen molar-refractivity contribution < 1.29 is 14.3 Å². The van der Waals surface area contributed by atoms with E-state index in [0.717, 1.165) is 19.3 Å². The zero-order valence-electron chi connectivity index (χ0n) is 11.7. The van der Waals surface area contributed by atoms with Crippen molar-refractivity contribution in [1.82, 2.24) is 5.32 Å². The normalized spacial score (nSPS) is 13.5. The number of allylic oxidation sites excluding steroid dienone is 1. The molecule has 0 aromatic carbocycles. The van der Waals surface area contributed by atoms with Gasteiger partial charge in [-0.3, -0.25) is 4.79 Å². The lowest BCUT2D eigenvalue weighted by atomic mass is 9.97. The maximum atomic E-state index is 11.7. The lowest BCUT2D eigenvalue weighted by Gasteiger charge is -2.18. The maximum absolute atomic E-state index is 11.7. The summed E-state index contributed by atoms with van der Waals surface area (Å²) in [6.45, 7) is 9.33. The molecule has 0 bridgehead atoms. The van der Waals surface area contributed by atoms with Gasteiger partial charge in [0.05, 0.1) is 6.61 Å². The van der Waals surface area contributed by atoms with Crippen LogP contribution in [0.1, 0.15) is 46.5 Å². The lowest BCUT2D eigenvalue weighted by molar-refractivity contribution is -0.147. The van der Waals surface area contributed by atoms with Gasteiger partial charge >= 0.3 is 5.97 Å². The van der Waals surface area contributed by atoms with Crippen LogP contribution in [0.2, 0.25) is 0 Å². The molecule has 0 heterocycles. The Bertz CT molecular complexity index is 276. The van der Waals surface area contributed by atoms with Gasteiger partial charge in [-0.15, -0.1) is 6.58 Å². The fourth-order valence-electron chi connectivity index (χ4n) is 1.74. The molecule has 0 spiro atoms. The first-order valence-electron chi connectivity index (χ1n) is 6.55. The quantitative estimate of drug-likeness (QED) is 0.508. The van der Waals surface area contributed by atoms with Crippen molar-refractivity contribution in [2.24, 2.45) is 5.92 Å². The Hall–Kier alpha value is -1.32. The number of nitrogens with one attached hydrogen (secondary N) is 1. The highest BCUT2D eigenvalue weighted by atomic mass is 16.5. The number of esters is 1. The van der Waals surface area contributed by atoms with Crippen LogP contribution in [-0.2, 0) is 14.3 Å². The molecule has 0 aliphatic heterocycles. The van der Waals surface area contributed by atoms with Crippen molar-refractivity contribution in [3.63, 3.8) is 0 Å². The Balaban J connectivity index is 4.18. The molecule has 1 N–H and O–H groups in total. The molecule has 0 aliphatic rings. The fourth-order valence-corrected chi connectivity index (χ4v) is 1.74.